The third-order valence-corrected chi connectivity index (χ3v) is 4.45. The Bertz CT molecular complexity index is 423. The van der Waals surface area contributed by atoms with E-state index in [9.17, 15) is 9.90 Å². The van der Waals surface area contributed by atoms with Crippen molar-refractivity contribution in [3.05, 3.63) is 15.5 Å². The summed E-state index contributed by atoms with van der Waals surface area (Å²) in [6.45, 7) is 3.17. The summed E-state index contributed by atoms with van der Waals surface area (Å²) in [7, 11) is 0. The normalized spacial score (nSPS) is 26.0. The molecule has 1 atom stereocenters. The van der Waals surface area contributed by atoms with Gasteiger partial charge in [-0.1, -0.05) is 11.6 Å². The standard InChI is InChI=1S/C11H15ClN2O2S/c1-11(10(15)16)4-2-3-5-14(11)7-9-13-6-8(12)17-9/h6H,2-5,7H2,1H3,(H,15,16). The SMILES string of the molecule is CC1(C(=O)O)CCCCN1Cc1ncc(Cl)s1. The first kappa shape index (κ1) is 12.8. The Kier molecular flexibility index (Phi) is 3.70. The molecule has 0 aromatic carbocycles. The quantitative estimate of drug-likeness (QED) is 0.921. The molecule has 2 heterocycles. The number of thiazole rings is 1. The molecule has 1 aliphatic rings. The second-order valence-corrected chi connectivity index (χ2v) is 6.26. The van der Waals surface area contributed by atoms with E-state index in [0.29, 0.717) is 17.3 Å². The number of aromatic nitrogens is 1. The first-order valence-electron chi connectivity index (χ1n) is 5.61. The van der Waals surface area contributed by atoms with Crippen LogP contribution >= 0.6 is 22.9 Å². The van der Waals surface area contributed by atoms with Crippen LogP contribution in [-0.2, 0) is 11.3 Å². The lowest BCUT2D eigenvalue weighted by Gasteiger charge is -2.41. The lowest BCUT2D eigenvalue weighted by molar-refractivity contribution is -0.153. The van der Waals surface area contributed by atoms with Gasteiger partial charge in [0.2, 0.25) is 0 Å². The van der Waals surface area contributed by atoms with Crippen molar-refractivity contribution >= 4 is 28.9 Å². The number of aliphatic carboxylic acids is 1. The van der Waals surface area contributed by atoms with Crippen molar-refractivity contribution in [2.45, 2.75) is 38.3 Å². The minimum absolute atomic E-state index is 0.570. The fourth-order valence-corrected chi connectivity index (χ4v) is 3.17. The Morgan fingerprint density at radius 3 is 3.06 bits per heavy atom. The van der Waals surface area contributed by atoms with Crippen LogP contribution in [0, 0.1) is 0 Å². The first-order valence-corrected chi connectivity index (χ1v) is 6.80. The predicted octanol–water partition coefficient (Wildman–Crippen LogP) is 2.63. The number of carboxylic acids is 1. The Morgan fingerprint density at radius 2 is 2.47 bits per heavy atom. The molecule has 1 aromatic rings. The van der Waals surface area contributed by atoms with Gasteiger partial charge in [0.05, 0.1) is 12.7 Å². The Balaban J connectivity index is 2.14. The largest absolute Gasteiger partial charge is 0.480 e. The van der Waals surface area contributed by atoms with Crippen LogP contribution in [0.5, 0.6) is 0 Å². The van der Waals surface area contributed by atoms with Crippen molar-refractivity contribution < 1.29 is 9.90 Å². The lowest BCUT2D eigenvalue weighted by Crippen LogP contribution is -2.54. The molecule has 0 radical (unpaired) electrons. The van der Waals surface area contributed by atoms with Gasteiger partial charge in [0.1, 0.15) is 14.9 Å². The minimum atomic E-state index is -0.767. The molecule has 17 heavy (non-hydrogen) atoms. The zero-order valence-corrected chi connectivity index (χ0v) is 11.2. The highest BCUT2D eigenvalue weighted by Gasteiger charge is 2.41. The van der Waals surface area contributed by atoms with E-state index < -0.39 is 11.5 Å². The van der Waals surface area contributed by atoms with Crippen LogP contribution in [0.1, 0.15) is 31.2 Å². The van der Waals surface area contributed by atoms with Crippen LogP contribution in [0.3, 0.4) is 0 Å². The maximum absolute atomic E-state index is 11.4. The molecule has 94 valence electrons. The zero-order valence-electron chi connectivity index (χ0n) is 9.65. The molecular formula is C11H15ClN2O2S. The van der Waals surface area contributed by atoms with Crippen LogP contribution in [0.4, 0.5) is 0 Å². The number of piperidine rings is 1. The van der Waals surface area contributed by atoms with Crippen LogP contribution in [0.2, 0.25) is 4.34 Å². The van der Waals surface area contributed by atoms with Crippen molar-refractivity contribution in [3.63, 3.8) is 0 Å². The Hall–Kier alpha value is -0.650. The molecule has 0 spiro atoms. The maximum Gasteiger partial charge on any atom is 0.323 e. The first-order chi connectivity index (χ1) is 8.02. The van der Waals surface area contributed by atoms with E-state index in [4.69, 9.17) is 11.6 Å². The van der Waals surface area contributed by atoms with E-state index in [1.807, 2.05) is 4.90 Å². The number of halogens is 1. The Labute approximate surface area is 109 Å². The lowest BCUT2D eigenvalue weighted by atomic mass is 9.88. The van der Waals surface area contributed by atoms with Gasteiger partial charge in [0.15, 0.2) is 0 Å². The van der Waals surface area contributed by atoms with Crippen molar-refractivity contribution in [3.8, 4) is 0 Å². The summed E-state index contributed by atoms with van der Waals surface area (Å²) in [6, 6.07) is 0. The van der Waals surface area contributed by atoms with Gasteiger partial charge >= 0.3 is 5.97 Å². The molecule has 1 aromatic heterocycles. The molecule has 1 aliphatic heterocycles. The summed E-state index contributed by atoms with van der Waals surface area (Å²) in [5.41, 5.74) is -0.767. The van der Waals surface area contributed by atoms with E-state index >= 15 is 0 Å². The summed E-state index contributed by atoms with van der Waals surface area (Å²) in [4.78, 5) is 17.6. The third-order valence-electron chi connectivity index (χ3n) is 3.35. The van der Waals surface area contributed by atoms with E-state index in [2.05, 4.69) is 4.98 Å². The molecule has 0 saturated carbocycles. The maximum atomic E-state index is 11.4. The third kappa shape index (κ3) is 2.61. The van der Waals surface area contributed by atoms with Gasteiger partial charge in [-0.25, -0.2) is 4.98 Å². The number of likely N-dealkylation sites (tertiary alicyclic amines) is 1. The molecule has 2 rings (SSSR count). The van der Waals surface area contributed by atoms with Crippen molar-refractivity contribution in [1.29, 1.82) is 0 Å². The summed E-state index contributed by atoms with van der Waals surface area (Å²) in [5.74, 6) is -0.750. The van der Waals surface area contributed by atoms with Gasteiger partial charge < -0.3 is 5.11 Å². The van der Waals surface area contributed by atoms with Gasteiger partial charge in [-0.2, -0.15) is 0 Å². The van der Waals surface area contributed by atoms with E-state index in [1.165, 1.54) is 11.3 Å². The second kappa shape index (κ2) is 4.92. The second-order valence-electron chi connectivity index (χ2n) is 4.52. The van der Waals surface area contributed by atoms with Gasteiger partial charge in [0.25, 0.3) is 0 Å². The molecule has 1 unspecified atom stereocenters. The highest BCUT2D eigenvalue weighted by atomic mass is 35.5. The highest BCUT2D eigenvalue weighted by Crippen LogP contribution is 2.31. The van der Waals surface area contributed by atoms with Crippen LogP contribution in [-0.4, -0.2) is 33.0 Å². The van der Waals surface area contributed by atoms with E-state index in [1.54, 1.807) is 13.1 Å². The smallest absolute Gasteiger partial charge is 0.323 e. The fourth-order valence-electron chi connectivity index (χ4n) is 2.20. The number of carbonyl (C=O) groups is 1. The minimum Gasteiger partial charge on any atom is -0.480 e. The van der Waals surface area contributed by atoms with Gasteiger partial charge in [0, 0.05) is 0 Å². The number of hydrogen-bond donors (Lipinski definition) is 1. The summed E-state index contributed by atoms with van der Waals surface area (Å²) < 4.78 is 0.647. The van der Waals surface area contributed by atoms with Gasteiger partial charge in [-0.15, -0.1) is 11.3 Å². The fraction of sp³-hybridized carbons (Fsp3) is 0.636. The van der Waals surface area contributed by atoms with E-state index in [0.717, 1.165) is 24.4 Å². The summed E-state index contributed by atoms with van der Waals surface area (Å²) in [5, 5.41) is 10.2. The predicted molar refractivity (Wildman–Crippen MR) is 67.4 cm³/mol. The van der Waals surface area contributed by atoms with Crippen LogP contribution in [0.25, 0.3) is 0 Å². The molecule has 1 saturated heterocycles. The highest BCUT2D eigenvalue weighted by molar-refractivity contribution is 7.15. The molecule has 6 heteroatoms. The van der Waals surface area contributed by atoms with Gasteiger partial charge in [-0.05, 0) is 32.7 Å². The van der Waals surface area contributed by atoms with Crippen molar-refractivity contribution in [2.24, 2.45) is 0 Å². The average Bonchev–Trinajstić information content (AvgIpc) is 2.67. The van der Waals surface area contributed by atoms with E-state index in [-0.39, 0.29) is 0 Å². The number of nitrogens with zero attached hydrogens (tertiary/aromatic N) is 2. The molecule has 0 aliphatic carbocycles. The molecule has 1 N–H and O–H groups in total. The molecule has 4 nitrogen and oxygen atoms in total. The van der Waals surface area contributed by atoms with Gasteiger partial charge in [-0.3, -0.25) is 9.69 Å². The van der Waals surface area contributed by atoms with Crippen LogP contribution in [0.15, 0.2) is 6.20 Å². The molecule has 0 amide bonds. The number of rotatable bonds is 3. The summed E-state index contributed by atoms with van der Waals surface area (Å²) >= 11 is 7.25. The monoisotopic (exact) mass is 274 g/mol. The van der Waals surface area contributed by atoms with Crippen molar-refractivity contribution in [2.75, 3.05) is 6.54 Å². The number of carboxylic acid groups (broad SMARTS) is 1. The average molecular weight is 275 g/mol. The van der Waals surface area contributed by atoms with Crippen molar-refractivity contribution in [1.82, 2.24) is 9.88 Å². The molecule has 1 fully saturated rings. The molecule has 0 bridgehead atoms. The zero-order chi connectivity index (χ0) is 12.5. The molecular weight excluding hydrogens is 260 g/mol. The Morgan fingerprint density at radius 1 is 1.71 bits per heavy atom. The number of hydrogen-bond acceptors (Lipinski definition) is 4. The summed E-state index contributed by atoms with van der Waals surface area (Å²) in [6.07, 6.45) is 4.32. The topological polar surface area (TPSA) is 53.4 Å². The van der Waals surface area contributed by atoms with Crippen LogP contribution < -0.4 is 0 Å².